The largest absolute Gasteiger partial charge is 0.325 e. The molecule has 0 unspecified atom stereocenters. The van der Waals surface area contributed by atoms with Crippen molar-refractivity contribution in [1.82, 2.24) is 10.2 Å². The molecule has 4 amide bonds. The Morgan fingerprint density at radius 3 is 2.74 bits per heavy atom. The number of carbonyl (C=O) groups is 3. The van der Waals surface area contributed by atoms with E-state index in [2.05, 4.69) is 10.6 Å². The predicted octanol–water partition coefficient (Wildman–Crippen LogP) is 3.86. The highest BCUT2D eigenvalue weighted by molar-refractivity contribution is 7.99. The smallest absolute Gasteiger partial charge is 0.325 e. The fourth-order valence-electron chi connectivity index (χ4n) is 4.14. The third-order valence-corrected chi connectivity index (χ3v) is 6.72. The van der Waals surface area contributed by atoms with Gasteiger partial charge >= 0.3 is 6.03 Å². The van der Waals surface area contributed by atoms with Gasteiger partial charge in [0.15, 0.2) is 0 Å². The molecule has 6 nitrogen and oxygen atoms in total. The lowest BCUT2D eigenvalue weighted by Crippen LogP contribution is -2.47. The Balaban J connectivity index is 1.37. The van der Waals surface area contributed by atoms with Crippen LogP contribution < -0.4 is 10.6 Å². The van der Waals surface area contributed by atoms with E-state index in [1.807, 2.05) is 36.4 Å². The number of nitrogens with zero attached hydrogens (tertiary/aromatic N) is 1. The first kappa shape index (κ1) is 19.6. The number of imide groups is 1. The fourth-order valence-corrected chi connectivity index (χ4v) is 5.32. The lowest BCUT2D eigenvalue weighted by molar-refractivity contribution is -0.134. The lowest BCUT2D eigenvalue weighted by atomic mass is 9.86. The van der Waals surface area contributed by atoms with Crippen LogP contribution in [0, 0.1) is 5.82 Å². The molecule has 2 heterocycles. The third-order valence-electron chi connectivity index (χ3n) is 5.65. The average molecular weight is 435 g/mol. The van der Waals surface area contributed by atoms with Gasteiger partial charge in [0.1, 0.15) is 17.9 Å². The van der Waals surface area contributed by atoms with Gasteiger partial charge in [-0.15, -0.1) is 11.8 Å². The highest BCUT2D eigenvalue weighted by atomic mass is 32.2. The van der Waals surface area contributed by atoms with E-state index in [-0.39, 0.29) is 0 Å². The number of carbonyl (C=O) groups excluding carboxylic acids is 3. The van der Waals surface area contributed by atoms with Crippen molar-refractivity contribution in [3.63, 3.8) is 0 Å². The van der Waals surface area contributed by atoms with Gasteiger partial charge in [-0.05, 0) is 47.5 Å². The molecule has 0 radical (unpaired) electrons. The fraction of sp³-hybridized carbons (Fsp3) is 0.174. The monoisotopic (exact) mass is 435 g/mol. The first-order valence-electron chi connectivity index (χ1n) is 9.82. The summed E-state index contributed by atoms with van der Waals surface area (Å²) in [5, 5.41) is 7.47. The Kier molecular flexibility index (Phi) is 4.66. The Morgan fingerprint density at radius 1 is 1.10 bits per heavy atom. The Hall–Kier alpha value is -3.39. The van der Waals surface area contributed by atoms with Gasteiger partial charge < -0.3 is 10.6 Å². The first-order valence-corrected chi connectivity index (χ1v) is 10.8. The van der Waals surface area contributed by atoms with E-state index in [0.29, 0.717) is 23.4 Å². The quantitative estimate of drug-likeness (QED) is 0.613. The minimum atomic E-state index is -1.33. The first-order chi connectivity index (χ1) is 15.0. The summed E-state index contributed by atoms with van der Waals surface area (Å²) in [7, 11) is 0. The highest BCUT2D eigenvalue weighted by Gasteiger charge is 2.54. The van der Waals surface area contributed by atoms with E-state index in [1.165, 1.54) is 23.9 Å². The summed E-state index contributed by atoms with van der Waals surface area (Å²) in [4.78, 5) is 40.2. The number of hydrogen-bond acceptors (Lipinski definition) is 4. The molecule has 156 valence electrons. The Labute approximate surface area is 181 Å². The van der Waals surface area contributed by atoms with Gasteiger partial charge in [-0.25, -0.2) is 9.18 Å². The minimum absolute atomic E-state index is 0.335. The van der Waals surface area contributed by atoms with Crippen molar-refractivity contribution < 1.29 is 18.8 Å². The van der Waals surface area contributed by atoms with Gasteiger partial charge in [0.25, 0.3) is 5.91 Å². The van der Waals surface area contributed by atoms with Crippen molar-refractivity contribution in [2.45, 2.75) is 16.9 Å². The van der Waals surface area contributed by atoms with Crippen molar-refractivity contribution in [1.29, 1.82) is 0 Å². The molecule has 0 aromatic heterocycles. The van der Waals surface area contributed by atoms with Crippen molar-refractivity contribution in [3.8, 4) is 0 Å². The summed E-state index contributed by atoms with van der Waals surface area (Å²) >= 11 is 1.51. The van der Waals surface area contributed by atoms with E-state index >= 15 is 0 Å². The Morgan fingerprint density at radius 2 is 1.90 bits per heavy atom. The zero-order valence-electron chi connectivity index (χ0n) is 16.4. The van der Waals surface area contributed by atoms with Crippen LogP contribution in [0.1, 0.15) is 12.0 Å². The minimum Gasteiger partial charge on any atom is -0.325 e. The van der Waals surface area contributed by atoms with Crippen LogP contribution in [0.5, 0.6) is 0 Å². The second-order valence-electron chi connectivity index (χ2n) is 7.58. The molecule has 5 rings (SSSR count). The van der Waals surface area contributed by atoms with Crippen molar-refractivity contribution in [2.24, 2.45) is 0 Å². The summed E-state index contributed by atoms with van der Waals surface area (Å²) in [5.41, 5.74) is -0.310. The maximum absolute atomic E-state index is 13.9. The number of rotatable bonds is 3. The van der Waals surface area contributed by atoms with E-state index in [1.54, 1.807) is 12.1 Å². The maximum atomic E-state index is 13.9. The summed E-state index contributed by atoms with van der Waals surface area (Å²) in [5.74, 6) is -0.893. The highest BCUT2D eigenvalue weighted by Crippen LogP contribution is 2.43. The molecule has 0 bridgehead atoms. The average Bonchev–Trinajstić information content (AvgIpc) is 2.99. The number of urea groups is 1. The number of fused-ring (bicyclic) bond motifs is 3. The number of hydrogen-bond donors (Lipinski definition) is 2. The normalized spacial score (nSPS) is 20.1. The van der Waals surface area contributed by atoms with Crippen LogP contribution in [-0.4, -0.2) is 35.0 Å². The molecular weight excluding hydrogens is 417 g/mol. The van der Waals surface area contributed by atoms with Gasteiger partial charge in [0.2, 0.25) is 5.91 Å². The summed E-state index contributed by atoms with van der Waals surface area (Å²) in [6.07, 6.45) is 0.335. The number of benzene rings is 3. The summed E-state index contributed by atoms with van der Waals surface area (Å²) < 4.78 is 13.9. The number of nitrogens with one attached hydrogen (secondary N) is 2. The summed E-state index contributed by atoms with van der Waals surface area (Å²) in [6.45, 7) is -0.420. The zero-order valence-corrected chi connectivity index (χ0v) is 17.2. The van der Waals surface area contributed by atoms with Crippen molar-refractivity contribution in [3.05, 3.63) is 72.0 Å². The number of halogens is 1. The third kappa shape index (κ3) is 3.33. The number of anilines is 1. The predicted molar refractivity (Wildman–Crippen MR) is 116 cm³/mol. The lowest BCUT2D eigenvalue weighted by Gasteiger charge is -2.32. The van der Waals surface area contributed by atoms with Gasteiger partial charge in [-0.3, -0.25) is 14.5 Å². The molecule has 1 saturated heterocycles. The van der Waals surface area contributed by atoms with E-state index in [0.717, 1.165) is 20.6 Å². The SMILES string of the molecule is O=C(CN1C(=O)N[C@]2(CCSc3ccc(F)cc32)C1=O)Nc1ccc2ccccc2c1. The molecule has 31 heavy (non-hydrogen) atoms. The van der Waals surface area contributed by atoms with E-state index in [9.17, 15) is 18.8 Å². The molecule has 2 aliphatic heterocycles. The van der Waals surface area contributed by atoms with Crippen molar-refractivity contribution >= 4 is 46.1 Å². The maximum Gasteiger partial charge on any atom is 0.325 e. The molecule has 1 spiro atoms. The topological polar surface area (TPSA) is 78.5 Å². The molecule has 2 N–H and O–H groups in total. The van der Waals surface area contributed by atoms with Gasteiger partial charge in [0.05, 0.1) is 0 Å². The van der Waals surface area contributed by atoms with Crippen LogP contribution in [0.15, 0.2) is 65.6 Å². The molecule has 3 aromatic rings. The van der Waals surface area contributed by atoms with E-state index < -0.39 is 35.7 Å². The van der Waals surface area contributed by atoms with Crippen LogP contribution in [0.3, 0.4) is 0 Å². The summed E-state index contributed by atoms with van der Waals surface area (Å²) in [6, 6.07) is 16.8. The van der Waals surface area contributed by atoms with Gasteiger partial charge in [-0.2, -0.15) is 0 Å². The van der Waals surface area contributed by atoms with Crippen LogP contribution in [-0.2, 0) is 15.1 Å². The second-order valence-corrected chi connectivity index (χ2v) is 8.71. The molecule has 2 aliphatic rings. The van der Waals surface area contributed by atoms with Crippen LogP contribution in [0.2, 0.25) is 0 Å². The van der Waals surface area contributed by atoms with Crippen molar-refractivity contribution in [2.75, 3.05) is 17.6 Å². The second kappa shape index (κ2) is 7.39. The van der Waals surface area contributed by atoms with Gasteiger partial charge in [0, 0.05) is 21.9 Å². The Bertz CT molecular complexity index is 1250. The standard InChI is InChI=1S/C23H18FN3O3S/c24-16-6-8-19-18(12-16)23(9-10-31-19)21(29)27(22(30)26-23)13-20(28)25-17-7-5-14-3-1-2-4-15(14)11-17/h1-8,11-12H,9-10,13H2,(H,25,28)(H,26,30)/t23-/m0/s1. The molecule has 3 aromatic carbocycles. The van der Waals surface area contributed by atoms with E-state index in [4.69, 9.17) is 0 Å². The molecule has 1 fully saturated rings. The zero-order chi connectivity index (χ0) is 21.6. The molecule has 8 heteroatoms. The van der Waals surface area contributed by atoms with Crippen LogP contribution >= 0.6 is 11.8 Å². The molecule has 1 atom stereocenters. The van der Waals surface area contributed by atoms with Gasteiger partial charge in [-0.1, -0.05) is 30.3 Å². The van der Waals surface area contributed by atoms with Crippen LogP contribution in [0.25, 0.3) is 10.8 Å². The molecular formula is C23H18FN3O3S. The molecule has 0 aliphatic carbocycles. The van der Waals surface area contributed by atoms with Crippen LogP contribution in [0.4, 0.5) is 14.9 Å². The number of amides is 4. The number of thioether (sulfide) groups is 1. The molecule has 0 saturated carbocycles.